The summed E-state index contributed by atoms with van der Waals surface area (Å²) in [4.78, 5) is 6.11. The first-order chi connectivity index (χ1) is 11.8. The largest absolute Gasteiger partial charge is 0.416 e. The molecule has 0 aromatic heterocycles. The van der Waals surface area contributed by atoms with Crippen LogP contribution in [0.15, 0.2) is 43.9 Å². The number of aryl methyl sites for hydroxylation is 1. The van der Waals surface area contributed by atoms with Crippen molar-refractivity contribution in [2.75, 3.05) is 11.4 Å². The molecule has 25 heavy (non-hydrogen) atoms. The van der Waals surface area contributed by atoms with Gasteiger partial charge in [0.25, 0.3) is 0 Å². The molecule has 0 spiro atoms. The van der Waals surface area contributed by atoms with Gasteiger partial charge in [0.2, 0.25) is 5.96 Å². The van der Waals surface area contributed by atoms with Crippen molar-refractivity contribution in [3.63, 3.8) is 0 Å². The first-order valence-electron chi connectivity index (χ1n) is 7.82. The molecular weight excluding hydrogens is 463 g/mol. The molecule has 0 saturated heterocycles. The number of rotatable bonds is 1. The summed E-state index contributed by atoms with van der Waals surface area (Å²) >= 11 is 6.95. The summed E-state index contributed by atoms with van der Waals surface area (Å²) in [6, 6.07) is 3.81. The summed E-state index contributed by atoms with van der Waals surface area (Å²) < 4.78 is 41.1. The summed E-state index contributed by atoms with van der Waals surface area (Å²) in [5.41, 5.74) is 7.51. The van der Waals surface area contributed by atoms with Crippen molar-refractivity contribution in [2.45, 2.75) is 31.9 Å². The average molecular weight is 479 g/mol. The number of anilines is 1. The lowest BCUT2D eigenvalue weighted by molar-refractivity contribution is -0.137. The number of allylic oxidation sites excluding steroid dienone is 3. The molecule has 0 unspecified atom stereocenters. The lowest BCUT2D eigenvalue weighted by atomic mass is 9.99. The van der Waals surface area contributed by atoms with Gasteiger partial charge in [-0.1, -0.05) is 37.9 Å². The molecule has 3 rings (SSSR count). The standard InChI is InChI=1S/C17H16Br2F3N3/c18-12-5-6-13(19)14(9-12)24-16(23)25-7-1-2-10-3-4-11(8-15(10)25)17(20,21)22/h3-4,8-9H,1-2,5-7H2,(H2,23,24). The first-order valence-corrected chi connectivity index (χ1v) is 9.41. The molecule has 0 saturated carbocycles. The van der Waals surface area contributed by atoms with Crippen LogP contribution in [0.25, 0.3) is 0 Å². The van der Waals surface area contributed by atoms with Crippen LogP contribution in [0.1, 0.15) is 30.4 Å². The van der Waals surface area contributed by atoms with E-state index in [1.165, 1.54) is 6.07 Å². The first kappa shape index (κ1) is 18.5. The maximum Gasteiger partial charge on any atom is 0.416 e. The fourth-order valence-corrected chi connectivity index (χ4v) is 3.74. The molecule has 1 aliphatic heterocycles. The molecule has 134 valence electrons. The van der Waals surface area contributed by atoms with E-state index in [2.05, 4.69) is 36.9 Å². The normalized spacial score (nSPS) is 19.0. The minimum Gasteiger partial charge on any atom is -0.369 e. The van der Waals surface area contributed by atoms with E-state index < -0.39 is 11.7 Å². The number of aliphatic imine (C=N–C) groups is 1. The molecule has 0 fully saturated rings. The topological polar surface area (TPSA) is 41.6 Å². The molecule has 1 heterocycles. The van der Waals surface area contributed by atoms with Gasteiger partial charge in [-0.15, -0.1) is 0 Å². The Kier molecular flexibility index (Phi) is 5.29. The average Bonchev–Trinajstić information content (AvgIpc) is 2.56. The molecule has 2 aliphatic rings. The van der Waals surface area contributed by atoms with Crippen molar-refractivity contribution < 1.29 is 13.2 Å². The van der Waals surface area contributed by atoms with Gasteiger partial charge in [0.1, 0.15) is 0 Å². The molecule has 0 radical (unpaired) electrons. The predicted octanol–water partition coefficient (Wildman–Crippen LogP) is 5.45. The zero-order chi connectivity index (χ0) is 18.2. The smallest absolute Gasteiger partial charge is 0.369 e. The van der Waals surface area contributed by atoms with Crippen LogP contribution >= 0.6 is 31.9 Å². The third kappa shape index (κ3) is 4.11. The van der Waals surface area contributed by atoms with Crippen molar-refractivity contribution in [1.29, 1.82) is 0 Å². The minimum absolute atomic E-state index is 0.200. The number of hydrogen-bond donors (Lipinski definition) is 1. The van der Waals surface area contributed by atoms with Crippen LogP contribution in [0.4, 0.5) is 18.9 Å². The van der Waals surface area contributed by atoms with Crippen molar-refractivity contribution in [1.82, 2.24) is 0 Å². The van der Waals surface area contributed by atoms with Crippen LogP contribution in [0.3, 0.4) is 0 Å². The molecule has 1 aliphatic carbocycles. The number of hydrogen-bond acceptors (Lipinski definition) is 1. The van der Waals surface area contributed by atoms with Gasteiger partial charge in [-0.3, -0.25) is 0 Å². The van der Waals surface area contributed by atoms with E-state index in [9.17, 15) is 13.2 Å². The number of alkyl halides is 3. The van der Waals surface area contributed by atoms with Crippen LogP contribution in [0.5, 0.6) is 0 Å². The Balaban J connectivity index is 1.98. The summed E-state index contributed by atoms with van der Waals surface area (Å²) in [5.74, 6) is 0.200. The van der Waals surface area contributed by atoms with Crippen LogP contribution in [-0.2, 0) is 12.6 Å². The summed E-state index contributed by atoms with van der Waals surface area (Å²) in [6.07, 6.45) is 0.715. The Morgan fingerprint density at radius 1 is 1.16 bits per heavy atom. The van der Waals surface area contributed by atoms with Crippen LogP contribution < -0.4 is 10.6 Å². The molecule has 8 heteroatoms. The van der Waals surface area contributed by atoms with Gasteiger partial charge < -0.3 is 10.6 Å². The fraction of sp³-hybridized carbons (Fsp3) is 0.353. The molecule has 0 atom stereocenters. The monoisotopic (exact) mass is 477 g/mol. The third-order valence-corrected chi connectivity index (χ3v) is 5.63. The highest BCUT2D eigenvalue weighted by atomic mass is 79.9. The highest BCUT2D eigenvalue weighted by molar-refractivity contribution is 9.12. The van der Waals surface area contributed by atoms with Crippen LogP contribution in [-0.4, -0.2) is 12.5 Å². The summed E-state index contributed by atoms with van der Waals surface area (Å²) in [6.45, 7) is 0.541. The Morgan fingerprint density at radius 3 is 2.64 bits per heavy atom. The predicted molar refractivity (Wildman–Crippen MR) is 101 cm³/mol. The molecule has 2 N–H and O–H groups in total. The quantitative estimate of drug-likeness (QED) is 0.430. The number of guanidine groups is 1. The Hall–Kier alpha value is -1.28. The zero-order valence-electron chi connectivity index (χ0n) is 13.2. The van der Waals surface area contributed by atoms with Crippen molar-refractivity contribution in [3.05, 3.63) is 50.1 Å². The molecular formula is C17H16Br2F3N3. The van der Waals surface area contributed by atoms with Crippen LogP contribution in [0.2, 0.25) is 0 Å². The minimum atomic E-state index is -4.38. The Bertz CT molecular complexity index is 782. The maximum atomic E-state index is 13.0. The van der Waals surface area contributed by atoms with Gasteiger partial charge >= 0.3 is 6.18 Å². The second kappa shape index (κ2) is 7.15. The number of benzene rings is 1. The van der Waals surface area contributed by atoms with Crippen molar-refractivity contribution in [2.24, 2.45) is 10.7 Å². The van der Waals surface area contributed by atoms with Gasteiger partial charge in [0.15, 0.2) is 0 Å². The van der Waals surface area contributed by atoms with Gasteiger partial charge in [-0.25, -0.2) is 4.99 Å². The van der Waals surface area contributed by atoms with E-state index >= 15 is 0 Å². The van der Waals surface area contributed by atoms with Gasteiger partial charge in [-0.2, -0.15) is 13.2 Å². The van der Waals surface area contributed by atoms with E-state index in [0.717, 1.165) is 52.3 Å². The van der Waals surface area contributed by atoms with E-state index in [-0.39, 0.29) is 5.96 Å². The highest BCUT2D eigenvalue weighted by Crippen LogP contribution is 2.36. The third-order valence-electron chi connectivity index (χ3n) is 4.20. The molecule has 3 nitrogen and oxygen atoms in total. The van der Waals surface area contributed by atoms with E-state index in [0.29, 0.717) is 17.9 Å². The fourth-order valence-electron chi connectivity index (χ4n) is 2.92. The molecule has 0 amide bonds. The Labute approximate surface area is 160 Å². The second-order valence-electron chi connectivity index (χ2n) is 5.95. The Morgan fingerprint density at radius 2 is 1.92 bits per heavy atom. The van der Waals surface area contributed by atoms with Gasteiger partial charge in [-0.05, 0) is 53.9 Å². The van der Waals surface area contributed by atoms with Crippen molar-refractivity contribution >= 4 is 43.5 Å². The second-order valence-corrected chi connectivity index (χ2v) is 7.92. The lowest BCUT2D eigenvalue weighted by Gasteiger charge is -2.31. The molecule has 0 bridgehead atoms. The van der Waals surface area contributed by atoms with E-state index in [4.69, 9.17) is 5.73 Å². The maximum absolute atomic E-state index is 13.0. The zero-order valence-corrected chi connectivity index (χ0v) is 16.4. The summed E-state index contributed by atoms with van der Waals surface area (Å²) in [7, 11) is 0. The van der Waals surface area contributed by atoms with Crippen molar-refractivity contribution in [3.8, 4) is 0 Å². The number of nitrogens with two attached hydrogens (primary N) is 1. The summed E-state index contributed by atoms with van der Waals surface area (Å²) in [5, 5.41) is 0. The molecule has 1 aromatic rings. The number of nitrogens with zero attached hydrogens (tertiary/aromatic N) is 2. The van der Waals surface area contributed by atoms with E-state index in [1.807, 2.05) is 6.08 Å². The molecule has 1 aromatic carbocycles. The van der Waals surface area contributed by atoms with Crippen LogP contribution in [0, 0.1) is 0 Å². The van der Waals surface area contributed by atoms with Gasteiger partial charge in [0.05, 0.1) is 11.3 Å². The van der Waals surface area contributed by atoms with Gasteiger partial charge in [0, 0.05) is 16.7 Å². The number of halogens is 5. The SMILES string of the molecule is NC(=NC1=C(Br)CCC(Br)=C1)N1CCCc2ccc(C(F)(F)F)cc21. The highest BCUT2D eigenvalue weighted by Gasteiger charge is 2.32. The lowest BCUT2D eigenvalue weighted by Crippen LogP contribution is -2.41. The number of fused-ring (bicyclic) bond motifs is 1. The van der Waals surface area contributed by atoms with E-state index in [1.54, 1.807) is 4.90 Å².